The minimum atomic E-state index is 0.0954. The summed E-state index contributed by atoms with van der Waals surface area (Å²) in [5, 5.41) is 1.99. The molecule has 0 aliphatic carbocycles. The normalized spacial score (nSPS) is 23.6. The molecule has 1 amide bonds. The summed E-state index contributed by atoms with van der Waals surface area (Å²) in [4.78, 5) is 15.4. The molecule has 1 aromatic heterocycles. The summed E-state index contributed by atoms with van der Waals surface area (Å²) in [6.07, 6.45) is 2.86. The van der Waals surface area contributed by atoms with Gasteiger partial charge in [-0.05, 0) is 36.3 Å². The van der Waals surface area contributed by atoms with Crippen LogP contribution in [-0.2, 0) is 11.2 Å². The average Bonchev–Trinajstić information content (AvgIpc) is 2.94. The van der Waals surface area contributed by atoms with E-state index in [1.165, 1.54) is 11.3 Å². The SMILES string of the molecule is CCc1ccsc1C(=O)N1CCC(OC)CC1CN. The van der Waals surface area contributed by atoms with Crippen LogP contribution in [-0.4, -0.2) is 43.2 Å². The van der Waals surface area contributed by atoms with E-state index in [1.807, 2.05) is 16.3 Å². The van der Waals surface area contributed by atoms with Crippen molar-refractivity contribution in [3.63, 3.8) is 0 Å². The van der Waals surface area contributed by atoms with Crippen molar-refractivity contribution in [1.82, 2.24) is 4.90 Å². The lowest BCUT2D eigenvalue weighted by molar-refractivity contribution is 0.0141. The first-order chi connectivity index (χ1) is 9.21. The zero-order valence-corrected chi connectivity index (χ0v) is 12.4. The number of hydrogen-bond acceptors (Lipinski definition) is 4. The number of carbonyl (C=O) groups is 1. The highest BCUT2D eigenvalue weighted by Crippen LogP contribution is 2.25. The van der Waals surface area contributed by atoms with Gasteiger partial charge in [-0.3, -0.25) is 4.79 Å². The lowest BCUT2D eigenvalue weighted by Gasteiger charge is -2.38. The van der Waals surface area contributed by atoms with Gasteiger partial charge in [0.2, 0.25) is 0 Å². The Hall–Kier alpha value is -0.910. The summed E-state index contributed by atoms with van der Waals surface area (Å²) in [7, 11) is 1.73. The van der Waals surface area contributed by atoms with Crippen LogP contribution in [0, 0.1) is 0 Å². The molecule has 0 aromatic carbocycles. The molecule has 0 bridgehead atoms. The molecule has 2 N–H and O–H groups in total. The Morgan fingerprint density at radius 1 is 1.63 bits per heavy atom. The number of nitrogens with zero attached hydrogens (tertiary/aromatic N) is 1. The minimum absolute atomic E-state index is 0.0954. The molecular formula is C14H22N2O2S. The van der Waals surface area contributed by atoms with Gasteiger partial charge in [0.25, 0.3) is 5.91 Å². The van der Waals surface area contributed by atoms with Gasteiger partial charge in [-0.2, -0.15) is 0 Å². The number of aryl methyl sites for hydroxylation is 1. The number of thiophene rings is 1. The molecule has 1 fully saturated rings. The maximum absolute atomic E-state index is 12.6. The molecule has 106 valence electrons. The van der Waals surface area contributed by atoms with Crippen molar-refractivity contribution >= 4 is 17.2 Å². The summed E-state index contributed by atoms with van der Waals surface area (Å²) in [6.45, 7) is 3.31. The molecule has 2 heterocycles. The van der Waals surface area contributed by atoms with Gasteiger partial charge in [0.05, 0.1) is 11.0 Å². The van der Waals surface area contributed by atoms with Crippen molar-refractivity contribution in [2.24, 2.45) is 5.73 Å². The van der Waals surface area contributed by atoms with Crippen molar-refractivity contribution in [1.29, 1.82) is 0 Å². The van der Waals surface area contributed by atoms with Crippen molar-refractivity contribution in [3.05, 3.63) is 21.9 Å². The number of piperidine rings is 1. The van der Waals surface area contributed by atoms with Gasteiger partial charge in [-0.25, -0.2) is 0 Å². The number of likely N-dealkylation sites (tertiary alicyclic amines) is 1. The highest BCUT2D eigenvalue weighted by Gasteiger charge is 2.32. The van der Waals surface area contributed by atoms with Crippen LogP contribution < -0.4 is 5.73 Å². The summed E-state index contributed by atoms with van der Waals surface area (Å²) in [5.74, 6) is 0.136. The summed E-state index contributed by atoms with van der Waals surface area (Å²) in [5.41, 5.74) is 6.96. The zero-order valence-electron chi connectivity index (χ0n) is 11.6. The topological polar surface area (TPSA) is 55.6 Å². The van der Waals surface area contributed by atoms with Crippen molar-refractivity contribution < 1.29 is 9.53 Å². The summed E-state index contributed by atoms with van der Waals surface area (Å²) in [6, 6.07) is 2.13. The van der Waals surface area contributed by atoms with Gasteiger partial charge in [0, 0.05) is 26.2 Å². The first-order valence-electron chi connectivity index (χ1n) is 6.81. The third-order valence-electron chi connectivity index (χ3n) is 3.86. The quantitative estimate of drug-likeness (QED) is 0.917. The Kier molecular flexibility index (Phi) is 4.96. The van der Waals surface area contributed by atoms with Crippen molar-refractivity contribution in [2.75, 3.05) is 20.2 Å². The monoisotopic (exact) mass is 282 g/mol. The molecule has 1 aliphatic rings. The predicted octanol–water partition coefficient (Wildman–Crippen LogP) is 1.89. The molecule has 2 unspecified atom stereocenters. The molecule has 1 saturated heterocycles. The fourth-order valence-corrected chi connectivity index (χ4v) is 3.60. The molecule has 0 radical (unpaired) electrons. The smallest absolute Gasteiger partial charge is 0.264 e. The molecule has 5 heteroatoms. The van der Waals surface area contributed by atoms with E-state index in [1.54, 1.807) is 7.11 Å². The second-order valence-electron chi connectivity index (χ2n) is 4.90. The van der Waals surface area contributed by atoms with E-state index < -0.39 is 0 Å². The molecule has 0 spiro atoms. The molecule has 2 rings (SSSR count). The summed E-state index contributed by atoms with van der Waals surface area (Å²) >= 11 is 1.53. The molecule has 1 aromatic rings. The van der Waals surface area contributed by atoms with Crippen LogP contribution in [0.3, 0.4) is 0 Å². The first-order valence-corrected chi connectivity index (χ1v) is 7.69. The van der Waals surface area contributed by atoms with E-state index in [0.29, 0.717) is 6.54 Å². The van der Waals surface area contributed by atoms with Crippen LogP contribution in [0.4, 0.5) is 0 Å². The predicted molar refractivity (Wildman–Crippen MR) is 77.6 cm³/mol. The Labute approximate surface area is 118 Å². The average molecular weight is 282 g/mol. The standard InChI is InChI=1S/C14H22N2O2S/c1-3-10-5-7-19-13(10)14(17)16-6-4-12(18-2)8-11(16)9-15/h5,7,11-12H,3-4,6,8-9,15H2,1-2H3. The van der Waals surface area contributed by atoms with Crippen LogP contribution in [0.1, 0.15) is 35.0 Å². The number of ether oxygens (including phenoxy) is 1. The third kappa shape index (κ3) is 2.99. The van der Waals surface area contributed by atoms with E-state index >= 15 is 0 Å². The number of carbonyl (C=O) groups excluding carboxylic acids is 1. The Balaban J connectivity index is 2.14. The highest BCUT2D eigenvalue weighted by atomic mass is 32.1. The van der Waals surface area contributed by atoms with Gasteiger partial charge in [0.15, 0.2) is 0 Å². The van der Waals surface area contributed by atoms with Crippen LogP contribution in [0.15, 0.2) is 11.4 Å². The van der Waals surface area contributed by atoms with E-state index in [9.17, 15) is 4.79 Å². The Morgan fingerprint density at radius 3 is 3.05 bits per heavy atom. The van der Waals surface area contributed by atoms with E-state index in [4.69, 9.17) is 10.5 Å². The van der Waals surface area contributed by atoms with Crippen molar-refractivity contribution in [2.45, 2.75) is 38.3 Å². The third-order valence-corrected chi connectivity index (χ3v) is 4.80. The number of rotatable bonds is 4. The molecule has 0 saturated carbocycles. The highest BCUT2D eigenvalue weighted by molar-refractivity contribution is 7.12. The number of amides is 1. The van der Waals surface area contributed by atoms with Gasteiger partial charge < -0.3 is 15.4 Å². The minimum Gasteiger partial charge on any atom is -0.381 e. The number of hydrogen-bond donors (Lipinski definition) is 1. The Morgan fingerprint density at radius 2 is 2.42 bits per heavy atom. The fraction of sp³-hybridized carbons (Fsp3) is 0.643. The van der Waals surface area contributed by atoms with Crippen LogP contribution >= 0.6 is 11.3 Å². The van der Waals surface area contributed by atoms with Crippen molar-refractivity contribution in [3.8, 4) is 0 Å². The molecular weight excluding hydrogens is 260 g/mol. The molecule has 2 atom stereocenters. The maximum Gasteiger partial charge on any atom is 0.264 e. The zero-order chi connectivity index (χ0) is 13.8. The lowest BCUT2D eigenvalue weighted by Crippen LogP contribution is -2.51. The van der Waals surface area contributed by atoms with Crippen LogP contribution in [0.25, 0.3) is 0 Å². The van der Waals surface area contributed by atoms with E-state index in [2.05, 4.69) is 6.92 Å². The number of methoxy groups -OCH3 is 1. The van der Waals surface area contributed by atoms with E-state index in [0.717, 1.165) is 36.2 Å². The Bertz CT molecular complexity index is 433. The lowest BCUT2D eigenvalue weighted by atomic mass is 9.98. The molecule has 19 heavy (non-hydrogen) atoms. The molecule has 4 nitrogen and oxygen atoms in total. The van der Waals surface area contributed by atoms with Gasteiger partial charge in [-0.1, -0.05) is 6.92 Å². The maximum atomic E-state index is 12.6. The van der Waals surface area contributed by atoms with Gasteiger partial charge in [-0.15, -0.1) is 11.3 Å². The van der Waals surface area contributed by atoms with Crippen LogP contribution in [0.5, 0.6) is 0 Å². The fourth-order valence-electron chi connectivity index (χ4n) is 2.65. The van der Waals surface area contributed by atoms with E-state index in [-0.39, 0.29) is 18.1 Å². The largest absolute Gasteiger partial charge is 0.381 e. The molecule has 1 aliphatic heterocycles. The second-order valence-corrected chi connectivity index (χ2v) is 5.81. The van der Waals surface area contributed by atoms with Gasteiger partial charge >= 0.3 is 0 Å². The second kappa shape index (κ2) is 6.50. The van der Waals surface area contributed by atoms with Gasteiger partial charge in [0.1, 0.15) is 0 Å². The van der Waals surface area contributed by atoms with Crippen LogP contribution in [0.2, 0.25) is 0 Å². The number of nitrogens with two attached hydrogens (primary N) is 1. The summed E-state index contributed by atoms with van der Waals surface area (Å²) < 4.78 is 5.40. The first kappa shape index (κ1) is 14.5.